The van der Waals surface area contributed by atoms with E-state index in [0.717, 1.165) is 44.5 Å². The molecule has 0 unspecified atom stereocenters. The van der Waals surface area contributed by atoms with Gasteiger partial charge in [-0.15, -0.1) is 24.0 Å². The van der Waals surface area contributed by atoms with Crippen LogP contribution in [0.25, 0.3) is 0 Å². The molecule has 1 aromatic carbocycles. The van der Waals surface area contributed by atoms with Gasteiger partial charge in [-0.05, 0) is 45.1 Å². The van der Waals surface area contributed by atoms with E-state index in [1.165, 1.54) is 18.4 Å². The third kappa shape index (κ3) is 7.83. The number of nitrogens with one attached hydrogen (secondary N) is 2. The molecule has 1 fully saturated rings. The lowest BCUT2D eigenvalue weighted by molar-refractivity contribution is 0.215. The van der Waals surface area contributed by atoms with Gasteiger partial charge >= 0.3 is 0 Å². The first-order valence-corrected chi connectivity index (χ1v) is 8.95. The molecule has 1 aromatic rings. The van der Waals surface area contributed by atoms with Crippen LogP contribution in [0.15, 0.2) is 35.3 Å². The standard InChI is InChI=1S/C19H32N4.HI/c1-16(2)23(18-11-12-18)15-14-22-19(20-3)21-13-7-10-17-8-5-4-6-9-17;/h4-6,8-9,16,18H,7,10-15H2,1-3H3,(H2,20,21,22);1H. The Bertz CT molecular complexity index is 470. The van der Waals surface area contributed by atoms with Crippen molar-refractivity contribution >= 4 is 29.9 Å². The van der Waals surface area contributed by atoms with Crippen LogP contribution >= 0.6 is 24.0 Å². The monoisotopic (exact) mass is 444 g/mol. The molecular formula is C19H33IN4. The summed E-state index contributed by atoms with van der Waals surface area (Å²) in [6.45, 7) is 7.56. The Labute approximate surface area is 164 Å². The molecule has 0 atom stereocenters. The summed E-state index contributed by atoms with van der Waals surface area (Å²) in [5.41, 5.74) is 1.40. The van der Waals surface area contributed by atoms with Crippen LogP contribution in [0.5, 0.6) is 0 Å². The number of halogens is 1. The van der Waals surface area contributed by atoms with E-state index in [-0.39, 0.29) is 24.0 Å². The van der Waals surface area contributed by atoms with Gasteiger partial charge in [-0.3, -0.25) is 9.89 Å². The number of rotatable bonds is 9. The Morgan fingerprint density at radius 3 is 2.42 bits per heavy atom. The van der Waals surface area contributed by atoms with Crippen molar-refractivity contribution in [3.8, 4) is 0 Å². The van der Waals surface area contributed by atoms with Crippen molar-refractivity contribution in [3.63, 3.8) is 0 Å². The fraction of sp³-hybridized carbons (Fsp3) is 0.632. The van der Waals surface area contributed by atoms with Gasteiger partial charge in [0.1, 0.15) is 0 Å². The van der Waals surface area contributed by atoms with Gasteiger partial charge in [-0.1, -0.05) is 30.3 Å². The van der Waals surface area contributed by atoms with Gasteiger partial charge in [-0.2, -0.15) is 0 Å². The lowest BCUT2D eigenvalue weighted by atomic mass is 10.1. The SMILES string of the molecule is CN=C(NCCCc1ccccc1)NCCN(C(C)C)C1CC1.I. The molecular weight excluding hydrogens is 411 g/mol. The zero-order valence-electron chi connectivity index (χ0n) is 15.3. The minimum atomic E-state index is 0. The minimum absolute atomic E-state index is 0. The number of nitrogens with zero attached hydrogens (tertiary/aromatic N) is 2. The number of aryl methyl sites for hydroxylation is 1. The first-order valence-electron chi connectivity index (χ1n) is 8.95. The van der Waals surface area contributed by atoms with E-state index >= 15 is 0 Å². The van der Waals surface area contributed by atoms with Crippen LogP contribution in [-0.4, -0.2) is 49.6 Å². The summed E-state index contributed by atoms with van der Waals surface area (Å²) in [7, 11) is 1.84. The number of benzene rings is 1. The highest BCUT2D eigenvalue weighted by Crippen LogP contribution is 2.27. The fourth-order valence-corrected chi connectivity index (χ4v) is 2.94. The first kappa shape index (κ1) is 21.2. The van der Waals surface area contributed by atoms with Crippen LogP contribution < -0.4 is 10.6 Å². The molecule has 0 saturated heterocycles. The van der Waals surface area contributed by atoms with Crippen molar-refractivity contribution in [2.24, 2.45) is 4.99 Å². The molecule has 0 amide bonds. The van der Waals surface area contributed by atoms with E-state index in [2.05, 4.69) is 64.7 Å². The molecule has 4 nitrogen and oxygen atoms in total. The molecule has 2 rings (SSSR count). The fourth-order valence-electron chi connectivity index (χ4n) is 2.94. The quantitative estimate of drug-likeness (QED) is 0.266. The zero-order chi connectivity index (χ0) is 16.5. The molecule has 0 spiro atoms. The molecule has 0 aromatic heterocycles. The molecule has 5 heteroatoms. The van der Waals surface area contributed by atoms with Gasteiger partial charge < -0.3 is 10.6 Å². The third-order valence-electron chi connectivity index (χ3n) is 4.34. The second kappa shape index (κ2) is 11.7. The average molecular weight is 444 g/mol. The van der Waals surface area contributed by atoms with Crippen LogP contribution in [0.4, 0.5) is 0 Å². The summed E-state index contributed by atoms with van der Waals surface area (Å²) in [5, 5.41) is 6.84. The molecule has 0 radical (unpaired) electrons. The molecule has 0 bridgehead atoms. The van der Waals surface area contributed by atoms with Gasteiger partial charge in [0, 0.05) is 38.8 Å². The van der Waals surface area contributed by atoms with Crippen molar-refractivity contribution in [3.05, 3.63) is 35.9 Å². The first-order chi connectivity index (χ1) is 11.2. The second-order valence-corrected chi connectivity index (χ2v) is 6.58. The zero-order valence-corrected chi connectivity index (χ0v) is 17.6. The van der Waals surface area contributed by atoms with E-state index in [9.17, 15) is 0 Å². The Hall–Kier alpha value is -0.820. The van der Waals surface area contributed by atoms with Crippen LogP contribution in [-0.2, 0) is 6.42 Å². The highest BCUT2D eigenvalue weighted by atomic mass is 127. The highest BCUT2D eigenvalue weighted by Gasteiger charge is 2.29. The van der Waals surface area contributed by atoms with Gasteiger partial charge in [0.2, 0.25) is 0 Å². The maximum atomic E-state index is 4.31. The normalized spacial score (nSPS) is 14.6. The van der Waals surface area contributed by atoms with Crippen LogP contribution in [0.3, 0.4) is 0 Å². The predicted octanol–water partition coefficient (Wildman–Crippen LogP) is 3.28. The smallest absolute Gasteiger partial charge is 0.191 e. The van der Waals surface area contributed by atoms with E-state index in [1.807, 2.05) is 7.05 Å². The summed E-state index contributed by atoms with van der Waals surface area (Å²) in [6.07, 6.45) is 4.95. The number of hydrogen-bond donors (Lipinski definition) is 2. The molecule has 24 heavy (non-hydrogen) atoms. The van der Waals surface area contributed by atoms with Crippen LogP contribution in [0.2, 0.25) is 0 Å². The van der Waals surface area contributed by atoms with E-state index in [0.29, 0.717) is 6.04 Å². The lowest BCUT2D eigenvalue weighted by Gasteiger charge is -2.26. The Kier molecular flexibility index (Phi) is 10.3. The summed E-state index contributed by atoms with van der Waals surface area (Å²) in [6, 6.07) is 12.1. The van der Waals surface area contributed by atoms with Crippen molar-refractivity contribution in [1.82, 2.24) is 15.5 Å². The molecule has 2 N–H and O–H groups in total. The van der Waals surface area contributed by atoms with Crippen molar-refractivity contribution < 1.29 is 0 Å². The second-order valence-electron chi connectivity index (χ2n) is 6.58. The number of hydrogen-bond acceptors (Lipinski definition) is 2. The predicted molar refractivity (Wildman–Crippen MR) is 114 cm³/mol. The molecule has 0 heterocycles. The maximum Gasteiger partial charge on any atom is 0.191 e. The minimum Gasteiger partial charge on any atom is -0.356 e. The van der Waals surface area contributed by atoms with Crippen LogP contribution in [0, 0.1) is 0 Å². The van der Waals surface area contributed by atoms with Gasteiger partial charge in [0.15, 0.2) is 5.96 Å². The van der Waals surface area contributed by atoms with Gasteiger partial charge in [0.25, 0.3) is 0 Å². The van der Waals surface area contributed by atoms with Crippen molar-refractivity contribution in [1.29, 1.82) is 0 Å². The molecule has 136 valence electrons. The molecule has 1 aliphatic rings. The molecule has 1 saturated carbocycles. The average Bonchev–Trinajstić information content (AvgIpc) is 3.38. The van der Waals surface area contributed by atoms with Gasteiger partial charge in [0.05, 0.1) is 0 Å². The summed E-state index contributed by atoms with van der Waals surface area (Å²) in [5.74, 6) is 0.914. The third-order valence-corrected chi connectivity index (χ3v) is 4.34. The Balaban J connectivity index is 0.00000288. The van der Waals surface area contributed by atoms with E-state index < -0.39 is 0 Å². The molecule has 1 aliphatic carbocycles. The summed E-state index contributed by atoms with van der Waals surface area (Å²) >= 11 is 0. The topological polar surface area (TPSA) is 39.7 Å². The molecule has 0 aliphatic heterocycles. The largest absolute Gasteiger partial charge is 0.356 e. The van der Waals surface area contributed by atoms with E-state index in [1.54, 1.807) is 0 Å². The summed E-state index contributed by atoms with van der Waals surface area (Å²) < 4.78 is 0. The Morgan fingerprint density at radius 1 is 1.17 bits per heavy atom. The van der Waals surface area contributed by atoms with Crippen molar-refractivity contribution in [2.45, 2.75) is 51.6 Å². The number of guanidine groups is 1. The van der Waals surface area contributed by atoms with Crippen LogP contribution in [0.1, 0.15) is 38.7 Å². The summed E-state index contributed by atoms with van der Waals surface area (Å²) in [4.78, 5) is 6.90. The van der Waals surface area contributed by atoms with Crippen molar-refractivity contribution in [2.75, 3.05) is 26.7 Å². The highest BCUT2D eigenvalue weighted by molar-refractivity contribution is 14.0. The Morgan fingerprint density at radius 2 is 1.83 bits per heavy atom. The van der Waals surface area contributed by atoms with E-state index in [4.69, 9.17) is 0 Å². The lowest BCUT2D eigenvalue weighted by Crippen LogP contribution is -2.44. The number of aliphatic imine (C=N–C) groups is 1. The maximum absolute atomic E-state index is 4.31. The van der Waals surface area contributed by atoms with Gasteiger partial charge in [-0.25, -0.2) is 0 Å².